The molecule has 1 rings (SSSR count). The van der Waals surface area contributed by atoms with Crippen molar-refractivity contribution in [1.29, 1.82) is 0 Å². The van der Waals surface area contributed by atoms with Gasteiger partial charge in [-0.1, -0.05) is 26.0 Å². The monoisotopic (exact) mass is 341 g/mol. The molecule has 0 amide bonds. The van der Waals surface area contributed by atoms with E-state index in [1.807, 2.05) is 31.2 Å². The molecule has 1 unspecified atom stereocenters. The van der Waals surface area contributed by atoms with Crippen LogP contribution in [0.2, 0.25) is 0 Å². The van der Waals surface area contributed by atoms with Crippen LogP contribution in [0, 0.1) is 5.92 Å². The quantitative estimate of drug-likeness (QED) is 0.591. The molecule has 112 valence electrons. The van der Waals surface area contributed by atoms with Gasteiger partial charge < -0.3 is 15.8 Å². The highest BCUT2D eigenvalue weighted by Crippen LogP contribution is 2.24. The number of rotatable bonds is 7. The minimum Gasteiger partial charge on any atom is -0.488 e. The van der Waals surface area contributed by atoms with E-state index >= 15 is 0 Å². The molecule has 0 heterocycles. The molecule has 0 bridgehead atoms. The maximum absolute atomic E-state index is 5.81. The van der Waals surface area contributed by atoms with E-state index < -0.39 is 0 Å². The van der Waals surface area contributed by atoms with Gasteiger partial charge in [-0.3, -0.25) is 0 Å². The highest BCUT2D eigenvalue weighted by Gasteiger charge is 2.06. The first-order valence-electron chi connectivity index (χ1n) is 6.94. The van der Waals surface area contributed by atoms with Gasteiger partial charge in [-0.15, -0.1) is 0 Å². The molecule has 0 aliphatic heterocycles. The molecule has 1 aromatic carbocycles. The van der Waals surface area contributed by atoms with Crippen molar-refractivity contribution in [3.05, 3.63) is 28.7 Å². The molecular weight excluding hydrogens is 318 g/mol. The predicted molar refractivity (Wildman–Crippen MR) is 88.2 cm³/mol. The third kappa shape index (κ3) is 6.80. The van der Waals surface area contributed by atoms with Crippen LogP contribution in [0.3, 0.4) is 0 Å². The van der Waals surface area contributed by atoms with Crippen LogP contribution in [0.4, 0.5) is 0 Å². The Labute approximate surface area is 129 Å². The van der Waals surface area contributed by atoms with Gasteiger partial charge in [-0.2, -0.15) is 0 Å². The van der Waals surface area contributed by atoms with Gasteiger partial charge in [0.25, 0.3) is 0 Å². The second kappa shape index (κ2) is 8.84. The Morgan fingerprint density at radius 1 is 1.35 bits per heavy atom. The molecule has 5 heteroatoms. The summed E-state index contributed by atoms with van der Waals surface area (Å²) in [7, 11) is 0. The van der Waals surface area contributed by atoms with E-state index in [2.05, 4.69) is 40.1 Å². The number of nitrogens with two attached hydrogens (primary N) is 1. The Morgan fingerprint density at radius 2 is 2.05 bits per heavy atom. The van der Waals surface area contributed by atoms with Crippen molar-refractivity contribution in [3.8, 4) is 5.75 Å². The summed E-state index contributed by atoms with van der Waals surface area (Å²) in [5.41, 5.74) is 5.81. The summed E-state index contributed by atoms with van der Waals surface area (Å²) < 4.78 is 6.74. The topological polar surface area (TPSA) is 59.6 Å². The maximum Gasteiger partial charge on any atom is 0.188 e. The second-order valence-corrected chi connectivity index (χ2v) is 6.05. The summed E-state index contributed by atoms with van der Waals surface area (Å²) in [6, 6.07) is 7.77. The normalized spacial score (nSPS) is 13.3. The van der Waals surface area contributed by atoms with E-state index in [1.165, 1.54) is 0 Å². The Hall–Kier alpha value is -1.23. The number of aliphatic imine (C=N–C) groups is 1. The Bertz CT molecular complexity index is 435. The summed E-state index contributed by atoms with van der Waals surface area (Å²) in [5.74, 6) is 1.96. The van der Waals surface area contributed by atoms with Crippen LogP contribution in [0.1, 0.15) is 27.2 Å². The molecule has 1 atom stereocenters. The van der Waals surface area contributed by atoms with E-state index in [-0.39, 0.29) is 6.10 Å². The second-order valence-electron chi connectivity index (χ2n) is 5.19. The van der Waals surface area contributed by atoms with Gasteiger partial charge >= 0.3 is 0 Å². The first kappa shape index (κ1) is 16.8. The first-order valence-corrected chi connectivity index (χ1v) is 7.73. The summed E-state index contributed by atoms with van der Waals surface area (Å²) in [6.45, 7) is 7.73. The third-order valence-electron chi connectivity index (χ3n) is 2.71. The summed E-state index contributed by atoms with van der Waals surface area (Å²) in [4.78, 5) is 4.29. The molecule has 0 saturated heterocycles. The lowest BCUT2D eigenvalue weighted by atomic mass is 10.1. The smallest absolute Gasteiger partial charge is 0.188 e. The number of halogens is 1. The fraction of sp³-hybridized carbons (Fsp3) is 0.533. The van der Waals surface area contributed by atoms with Gasteiger partial charge in [0, 0.05) is 6.54 Å². The number of guanidine groups is 1. The number of para-hydroxylation sites is 1. The standard InChI is InChI=1S/C15H24BrN3O/c1-11(2)8-9-18-15(17)19-10-12(3)20-14-7-5-4-6-13(14)16/h4-7,11-12H,8-10H2,1-3H3,(H3,17,18,19). The van der Waals surface area contributed by atoms with Gasteiger partial charge in [0.2, 0.25) is 0 Å². The van der Waals surface area contributed by atoms with Gasteiger partial charge in [0.15, 0.2) is 5.96 Å². The van der Waals surface area contributed by atoms with Crippen LogP contribution in [0.25, 0.3) is 0 Å². The van der Waals surface area contributed by atoms with E-state index in [0.717, 1.165) is 23.2 Å². The number of nitrogens with one attached hydrogen (secondary N) is 1. The van der Waals surface area contributed by atoms with Gasteiger partial charge in [-0.25, -0.2) is 4.99 Å². The van der Waals surface area contributed by atoms with Crippen molar-refractivity contribution in [2.45, 2.75) is 33.3 Å². The van der Waals surface area contributed by atoms with Crippen LogP contribution in [-0.4, -0.2) is 25.2 Å². The summed E-state index contributed by atoms with van der Waals surface area (Å²) in [5, 5.41) is 3.11. The number of hydrogen-bond acceptors (Lipinski definition) is 2. The molecule has 3 N–H and O–H groups in total. The Morgan fingerprint density at radius 3 is 2.70 bits per heavy atom. The van der Waals surface area contributed by atoms with Crippen molar-refractivity contribution < 1.29 is 4.74 Å². The molecule has 0 aliphatic carbocycles. The zero-order valence-electron chi connectivity index (χ0n) is 12.4. The molecule has 0 aromatic heterocycles. The Kier molecular flexibility index (Phi) is 7.44. The van der Waals surface area contributed by atoms with Crippen LogP contribution in [0.15, 0.2) is 33.7 Å². The lowest BCUT2D eigenvalue weighted by molar-refractivity contribution is 0.229. The number of hydrogen-bond donors (Lipinski definition) is 2. The minimum atomic E-state index is -0.0286. The minimum absolute atomic E-state index is 0.0286. The fourth-order valence-corrected chi connectivity index (χ4v) is 1.94. The highest BCUT2D eigenvalue weighted by atomic mass is 79.9. The van der Waals surface area contributed by atoms with Gasteiger partial charge in [-0.05, 0) is 47.3 Å². The van der Waals surface area contributed by atoms with Crippen molar-refractivity contribution in [3.63, 3.8) is 0 Å². The molecular formula is C15H24BrN3O. The lowest BCUT2D eigenvalue weighted by Gasteiger charge is -2.14. The largest absolute Gasteiger partial charge is 0.488 e. The number of nitrogens with zero attached hydrogens (tertiary/aromatic N) is 1. The lowest BCUT2D eigenvalue weighted by Crippen LogP contribution is -2.34. The zero-order valence-corrected chi connectivity index (χ0v) is 14.0. The molecule has 0 fully saturated rings. The molecule has 0 saturated carbocycles. The first-order chi connectivity index (χ1) is 9.49. The highest BCUT2D eigenvalue weighted by molar-refractivity contribution is 9.10. The average molecular weight is 342 g/mol. The maximum atomic E-state index is 5.81. The van der Waals surface area contributed by atoms with Crippen molar-refractivity contribution in [2.24, 2.45) is 16.6 Å². The Balaban J connectivity index is 2.35. The van der Waals surface area contributed by atoms with Crippen LogP contribution in [-0.2, 0) is 0 Å². The van der Waals surface area contributed by atoms with E-state index in [4.69, 9.17) is 10.5 Å². The van der Waals surface area contributed by atoms with Crippen LogP contribution in [0.5, 0.6) is 5.75 Å². The molecule has 4 nitrogen and oxygen atoms in total. The predicted octanol–water partition coefficient (Wildman–Crippen LogP) is 3.17. The van der Waals surface area contributed by atoms with Crippen molar-refractivity contribution in [1.82, 2.24) is 5.32 Å². The van der Waals surface area contributed by atoms with Gasteiger partial charge in [0.1, 0.15) is 11.9 Å². The summed E-state index contributed by atoms with van der Waals surface area (Å²) in [6.07, 6.45) is 1.05. The van der Waals surface area contributed by atoms with E-state index in [9.17, 15) is 0 Å². The fourth-order valence-electron chi connectivity index (χ4n) is 1.57. The average Bonchev–Trinajstić information content (AvgIpc) is 2.39. The molecule has 0 spiro atoms. The van der Waals surface area contributed by atoms with Crippen molar-refractivity contribution >= 4 is 21.9 Å². The summed E-state index contributed by atoms with van der Waals surface area (Å²) >= 11 is 3.45. The number of benzene rings is 1. The molecule has 0 aliphatic rings. The van der Waals surface area contributed by atoms with Gasteiger partial charge in [0.05, 0.1) is 11.0 Å². The van der Waals surface area contributed by atoms with Crippen LogP contribution >= 0.6 is 15.9 Å². The van der Waals surface area contributed by atoms with E-state index in [0.29, 0.717) is 18.4 Å². The van der Waals surface area contributed by atoms with Crippen molar-refractivity contribution in [2.75, 3.05) is 13.1 Å². The van der Waals surface area contributed by atoms with Crippen LogP contribution < -0.4 is 15.8 Å². The van der Waals surface area contributed by atoms with E-state index in [1.54, 1.807) is 0 Å². The molecule has 20 heavy (non-hydrogen) atoms. The zero-order chi connectivity index (χ0) is 15.0. The molecule has 1 aromatic rings. The SMILES string of the molecule is CC(C)CCNC(N)=NCC(C)Oc1ccccc1Br. The number of ether oxygens (including phenoxy) is 1. The molecule has 0 radical (unpaired) electrons. The third-order valence-corrected chi connectivity index (χ3v) is 3.37.